The number of amidine groups is 1. The van der Waals surface area contributed by atoms with Crippen molar-refractivity contribution in [1.29, 1.82) is 5.26 Å². The molecule has 0 aliphatic carbocycles. The van der Waals surface area contributed by atoms with Crippen LogP contribution in [0, 0.1) is 28.5 Å². The zero-order valence-corrected chi connectivity index (χ0v) is 12.5. The Bertz CT molecular complexity index is 702. The number of halogens is 3. The quantitative estimate of drug-likeness (QED) is 0.909. The summed E-state index contributed by atoms with van der Waals surface area (Å²) < 4.78 is 46.3. The normalized spacial score (nSPS) is 36.4. The number of aliphatic imine (C=N–C) groups is 1. The van der Waals surface area contributed by atoms with Gasteiger partial charge >= 0.3 is 0 Å². The first kappa shape index (κ1) is 15.8. The van der Waals surface area contributed by atoms with E-state index in [0.717, 1.165) is 0 Å². The lowest BCUT2D eigenvalue weighted by Crippen LogP contribution is -2.50. The molecule has 122 valence electrons. The van der Waals surface area contributed by atoms with Crippen LogP contribution in [0.3, 0.4) is 0 Å². The topological polar surface area (TPSA) is 71.4 Å². The maximum absolute atomic E-state index is 14.3. The van der Waals surface area contributed by atoms with Crippen LogP contribution in [0.5, 0.6) is 0 Å². The SMILES string of the molecule is CC1(C#N)C[C@@H]2[C@@H](C(F)F)OC[C@]2(c2ccccc2F)N=C1N. The minimum atomic E-state index is -2.74. The summed E-state index contributed by atoms with van der Waals surface area (Å²) in [6.45, 7) is 1.37. The number of nitrogens with zero attached hydrogens (tertiary/aromatic N) is 2. The van der Waals surface area contributed by atoms with Crippen molar-refractivity contribution in [3.63, 3.8) is 0 Å². The summed E-state index contributed by atoms with van der Waals surface area (Å²) in [7, 11) is 0. The summed E-state index contributed by atoms with van der Waals surface area (Å²) >= 11 is 0. The van der Waals surface area contributed by atoms with Gasteiger partial charge in [-0.3, -0.25) is 4.99 Å². The van der Waals surface area contributed by atoms with Crippen LogP contribution in [0.25, 0.3) is 0 Å². The molecular weight excluding hydrogens is 307 g/mol. The largest absolute Gasteiger partial charge is 0.386 e. The number of nitrogens with two attached hydrogens (primary N) is 1. The van der Waals surface area contributed by atoms with E-state index in [9.17, 15) is 18.4 Å². The first-order chi connectivity index (χ1) is 10.8. The Kier molecular flexibility index (Phi) is 3.60. The van der Waals surface area contributed by atoms with Gasteiger partial charge in [0.25, 0.3) is 6.43 Å². The first-order valence-corrected chi connectivity index (χ1v) is 7.26. The van der Waals surface area contributed by atoms with E-state index in [-0.39, 0.29) is 24.4 Å². The number of fused-ring (bicyclic) bond motifs is 1. The summed E-state index contributed by atoms with van der Waals surface area (Å²) in [6, 6.07) is 7.92. The van der Waals surface area contributed by atoms with Crippen LogP contribution in [0.15, 0.2) is 29.3 Å². The molecule has 4 nitrogen and oxygen atoms in total. The van der Waals surface area contributed by atoms with Crippen LogP contribution < -0.4 is 5.73 Å². The molecule has 7 heteroatoms. The number of hydrogen-bond acceptors (Lipinski definition) is 4. The van der Waals surface area contributed by atoms with Gasteiger partial charge in [0.15, 0.2) is 0 Å². The lowest BCUT2D eigenvalue weighted by molar-refractivity contribution is -0.0430. The maximum Gasteiger partial charge on any atom is 0.264 e. The van der Waals surface area contributed by atoms with E-state index >= 15 is 0 Å². The number of ether oxygens (including phenoxy) is 1. The van der Waals surface area contributed by atoms with Crippen LogP contribution in [-0.2, 0) is 10.3 Å². The van der Waals surface area contributed by atoms with Crippen molar-refractivity contribution in [2.75, 3.05) is 6.61 Å². The van der Waals surface area contributed by atoms with E-state index in [4.69, 9.17) is 10.5 Å². The molecule has 1 unspecified atom stereocenters. The van der Waals surface area contributed by atoms with Crippen molar-refractivity contribution in [2.45, 2.75) is 31.4 Å². The fourth-order valence-electron chi connectivity index (χ4n) is 3.50. The standard InChI is InChI=1S/C16H16F3N3O/c1-15(7-20)6-10-12(13(18)19)23-8-16(10,22-14(15)21)9-4-2-3-5-11(9)17/h2-5,10,12-13H,6,8H2,1H3,(H2,21,22)/t10-,12+,15?,16-/m1/s1. The van der Waals surface area contributed by atoms with Crippen molar-refractivity contribution >= 4 is 5.84 Å². The average molecular weight is 323 g/mol. The molecule has 1 aromatic rings. The summed E-state index contributed by atoms with van der Waals surface area (Å²) in [5.74, 6) is -1.34. The van der Waals surface area contributed by atoms with Gasteiger partial charge < -0.3 is 10.5 Å². The van der Waals surface area contributed by atoms with Crippen LogP contribution in [-0.4, -0.2) is 25.0 Å². The number of nitriles is 1. The Labute approximate surface area is 131 Å². The Balaban J connectivity index is 2.20. The van der Waals surface area contributed by atoms with Crippen LogP contribution in [0.1, 0.15) is 18.9 Å². The predicted octanol–water partition coefficient (Wildman–Crippen LogP) is 2.59. The number of alkyl halides is 2. The number of hydrogen-bond donors (Lipinski definition) is 1. The van der Waals surface area contributed by atoms with Gasteiger partial charge in [-0.2, -0.15) is 5.26 Å². The van der Waals surface area contributed by atoms with Gasteiger partial charge in [-0.15, -0.1) is 0 Å². The molecule has 2 aliphatic heterocycles. The highest BCUT2D eigenvalue weighted by Crippen LogP contribution is 2.52. The maximum atomic E-state index is 14.3. The van der Waals surface area contributed by atoms with Crippen molar-refractivity contribution in [1.82, 2.24) is 0 Å². The zero-order valence-electron chi connectivity index (χ0n) is 12.5. The molecule has 0 spiro atoms. The van der Waals surface area contributed by atoms with Crippen molar-refractivity contribution in [2.24, 2.45) is 22.1 Å². The van der Waals surface area contributed by atoms with Crippen LogP contribution in [0.2, 0.25) is 0 Å². The Morgan fingerprint density at radius 3 is 2.74 bits per heavy atom. The van der Waals surface area contributed by atoms with E-state index < -0.39 is 35.2 Å². The molecule has 0 saturated carbocycles. The molecule has 0 aromatic heterocycles. The summed E-state index contributed by atoms with van der Waals surface area (Å²) in [5, 5.41) is 9.36. The van der Waals surface area contributed by atoms with E-state index in [2.05, 4.69) is 4.99 Å². The van der Waals surface area contributed by atoms with E-state index in [1.165, 1.54) is 18.2 Å². The second kappa shape index (κ2) is 5.24. The van der Waals surface area contributed by atoms with Gasteiger partial charge in [0, 0.05) is 11.5 Å². The van der Waals surface area contributed by atoms with Gasteiger partial charge in [-0.1, -0.05) is 18.2 Å². The zero-order chi connectivity index (χ0) is 16.8. The first-order valence-electron chi connectivity index (χ1n) is 7.26. The van der Waals surface area contributed by atoms with Gasteiger partial charge in [-0.25, -0.2) is 13.2 Å². The smallest absolute Gasteiger partial charge is 0.264 e. The van der Waals surface area contributed by atoms with Gasteiger partial charge in [0.1, 0.15) is 28.7 Å². The molecule has 2 heterocycles. The molecule has 1 fully saturated rings. The van der Waals surface area contributed by atoms with Gasteiger partial charge in [0.05, 0.1) is 12.7 Å². The molecule has 1 saturated heterocycles. The van der Waals surface area contributed by atoms with E-state index in [0.29, 0.717) is 0 Å². The lowest BCUT2D eigenvalue weighted by Gasteiger charge is -2.41. The van der Waals surface area contributed by atoms with Crippen LogP contribution in [0.4, 0.5) is 13.2 Å². The third-order valence-corrected chi connectivity index (χ3v) is 4.85. The third kappa shape index (κ3) is 2.20. The fraction of sp³-hybridized carbons (Fsp3) is 0.500. The molecule has 1 aromatic carbocycles. The van der Waals surface area contributed by atoms with Gasteiger partial charge in [0.2, 0.25) is 0 Å². The minimum Gasteiger partial charge on any atom is -0.386 e. The van der Waals surface area contributed by atoms with Crippen molar-refractivity contribution in [3.05, 3.63) is 35.6 Å². The van der Waals surface area contributed by atoms with Crippen molar-refractivity contribution in [3.8, 4) is 6.07 Å². The molecule has 4 atom stereocenters. The molecule has 2 aliphatic rings. The molecule has 0 amide bonds. The number of rotatable bonds is 2. The summed E-state index contributed by atoms with van der Waals surface area (Å²) in [5.41, 5.74) is 3.63. The summed E-state index contributed by atoms with van der Waals surface area (Å²) in [6.07, 6.45) is -4.10. The predicted molar refractivity (Wildman–Crippen MR) is 77.3 cm³/mol. The second-order valence-corrected chi connectivity index (χ2v) is 6.27. The fourth-order valence-corrected chi connectivity index (χ4v) is 3.50. The molecule has 0 bridgehead atoms. The average Bonchev–Trinajstić information content (AvgIpc) is 2.87. The molecule has 3 rings (SSSR count). The highest BCUT2D eigenvalue weighted by molar-refractivity contribution is 5.90. The monoisotopic (exact) mass is 323 g/mol. The number of benzene rings is 1. The Hall–Kier alpha value is -2.07. The Morgan fingerprint density at radius 1 is 1.43 bits per heavy atom. The lowest BCUT2D eigenvalue weighted by atomic mass is 9.66. The van der Waals surface area contributed by atoms with E-state index in [1.54, 1.807) is 13.0 Å². The minimum absolute atomic E-state index is 0.0259. The Morgan fingerprint density at radius 2 is 2.13 bits per heavy atom. The third-order valence-electron chi connectivity index (χ3n) is 4.85. The van der Waals surface area contributed by atoms with Crippen molar-refractivity contribution < 1.29 is 17.9 Å². The molecule has 0 radical (unpaired) electrons. The van der Waals surface area contributed by atoms with Gasteiger partial charge in [-0.05, 0) is 19.4 Å². The molecule has 23 heavy (non-hydrogen) atoms. The van der Waals surface area contributed by atoms with Crippen LogP contribution >= 0.6 is 0 Å². The highest BCUT2D eigenvalue weighted by atomic mass is 19.3. The van der Waals surface area contributed by atoms with E-state index in [1.807, 2.05) is 6.07 Å². The highest BCUT2D eigenvalue weighted by Gasteiger charge is 2.60. The summed E-state index contributed by atoms with van der Waals surface area (Å²) in [4.78, 5) is 4.34. The second-order valence-electron chi connectivity index (χ2n) is 6.27. The molecule has 2 N–H and O–H groups in total. The molecular formula is C16H16F3N3O.